The van der Waals surface area contributed by atoms with Gasteiger partial charge in [0.05, 0.1) is 6.20 Å². The van der Waals surface area contributed by atoms with Crippen LogP contribution in [0, 0.1) is 5.92 Å². The van der Waals surface area contributed by atoms with Crippen molar-refractivity contribution in [3.05, 3.63) is 54.1 Å². The molecule has 0 aliphatic rings. The molecule has 1 N–H and O–H groups in total. The van der Waals surface area contributed by atoms with Gasteiger partial charge in [-0.05, 0) is 23.6 Å². The highest BCUT2D eigenvalue weighted by Gasteiger charge is 2.18. The van der Waals surface area contributed by atoms with Crippen molar-refractivity contribution in [3.63, 3.8) is 0 Å². The third kappa shape index (κ3) is 4.27. The number of benzene rings is 1. The highest BCUT2D eigenvalue weighted by Crippen LogP contribution is 2.14. The van der Waals surface area contributed by atoms with Crippen molar-refractivity contribution in [2.24, 2.45) is 5.92 Å². The van der Waals surface area contributed by atoms with E-state index in [0.717, 1.165) is 5.56 Å². The van der Waals surface area contributed by atoms with Gasteiger partial charge in [-0.2, -0.15) is 0 Å². The molecule has 1 amide bonds. The molecule has 5 nitrogen and oxygen atoms in total. The Bertz CT molecular complexity index is 582. The first-order valence-corrected chi connectivity index (χ1v) is 6.89. The minimum atomic E-state index is -0.134. The van der Waals surface area contributed by atoms with Gasteiger partial charge in [-0.3, -0.25) is 9.78 Å². The van der Waals surface area contributed by atoms with E-state index in [0.29, 0.717) is 24.7 Å². The lowest BCUT2D eigenvalue weighted by molar-refractivity contribution is 0.0716. The number of aromatic hydroxyl groups is 1. The van der Waals surface area contributed by atoms with Crippen molar-refractivity contribution >= 4 is 5.91 Å². The van der Waals surface area contributed by atoms with E-state index in [2.05, 4.69) is 23.8 Å². The van der Waals surface area contributed by atoms with Gasteiger partial charge in [-0.1, -0.05) is 26.0 Å². The van der Waals surface area contributed by atoms with Crippen LogP contribution in [0.25, 0.3) is 0 Å². The normalized spacial score (nSPS) is 10.6. The van der Waals surface area contributed by atoms with Gasteiger partial charge in [-0.15, -0.1) is 0 Å². The Labute approximate surface area is 124 Å². The summed E-state index contributed by atoms with van der Waals surface area (Å²) < 4.78 is 0. The number of nitrogens with zero attached hydrogens (tertiary/aromatic N) is 3. The summed E-state index contributed by atoms with van der Waals surface area (Å²) >= 11 is 0. The molecular formula is C16H19N3O2. The number of phenolic OH excluding ortho intramolecular Hbond substituents is 1. The van der Waals surface area contributed by atoms with Crippen LogP contribution in [0.4, 0.5) is 0 Å². The van der Waals surface area contributed by atoms with Crippen molar-refractivity contribution in [1.82, 2.24) is 14.9 Å². The topological polar surface area (TPSA) is 66.3 Å². The average Bonchev–Trinajstić information content (AvgIpc) is 2.48. The molecule has 5 heteroatoms. The van der Waals surface area contributed by atoms with Crippen LogP contribution < -0.4 is 0 Å². The lowest BCUT2D eigenvalue weighted by Crippen LogP contribution is -2.34. The summed E-state index contributed by atoms with van der Waals surface area (Å²) in [5, 5.41) is 9.32. The average molecular weight is 285 g/mol. The van der Waals surface area contributed by atoms with E-state index in [1.165, 1.54) is 12.4 Å². The number of phenols is 1. The molecule has 0 spiro atoms. The lowest BCUT2D eigenvalue weighted by Gasteiger charge is -2.24. The Kier molecular flexibility index (Phi) is 4.87. The highest BCUT2D eigenvalue weighted by atomic mass is 16.3. The molecule has 21 heavy (non-hydrogen) atoms. The zero-order chi connectivity index (χ0) is 15.2. The number of amides is 1. The second kappa shape index (κ2) is 6.83. The summed E-state index contributed by atoms with van der Waals surface area (Å²) in [6.45, 7) is 5.24. The first-order valence-electron chi connectivity index (χ1n) is 6.89. The smallest absolute Gasteiger partial charge is 0.274 e. The monoisotopic (exact) mass is 285 g/mol. The van der Waals surface area contributed by atoms with E-state index in [-0.39, 0.29) is 11.7 Å². The SMILES string of the molecule is CC(C)CN(Cc1ccc(O)cc1)C(=O)c1cnccn1. The molecule has 0 saturated carbocycles. The second-order valence-electron chi connectivity index (χ2n) is 5.34. The van der Waals surface area contributed by atoms with Crippen LogP contribution in [-0.4, -0.2) is 32.4 Å². The molecule has 1 aromatic heterocycles. The van der Waals surface area contributed by atoms with Crippen LogP contribution in [0.1, 0.15) is 29.9 Å². The number of rotatable bonds is 5. The summed E-state index contributed by atoms with van der Waals surface area (Å²) in [6, 6.07) is 6.87. The molecule has 2 rings (SSSR count). The molecule has 2 aromatic rings. The van der Waals surface area contributed by atoms with Crippen LogP contribution in [-0.2, 0) is 6.54 Å². The van der Waals surface area contributed by atoms with Crippen LogP contribution in [0.2, 0.25) is 0 Å². The molecule has 0 atom stereocenters. The van der Waals surface area contributed by atoms with Crippen molar-refractivity contribution in [2.75, 3.05) is 6.54 Å². The molecular weight excluding hydrogens is 266 g/mol. The Morgan fingerprint density at radius 3 is 2.52 bits per heavy atom. The molecule has 1 heterocycles. The Morgan fingerprint density at radius 2 is 1.95 bits per heavy atom. The van der Waals surface area contributed by atoms with Crippen LogP contribution in [0.3, 0.4) is 0 Å². The fraction of sp³-hybridized carbons (Fsp3) is 0.312. The Morgan fingerprint density at radius 1 is 1.24 bits per heavy atom. The van der Waals surface area contributed by atoms with E-state index in [1.54, 1.807) is 23.2 Å². The largest absolute Gasteiger partial charge is 0.508 e. The fourth-order valence-corrected chi connectivity index (χ4v) is 2.05. The molecule has 0 aliphatic carbocycles. The zero-order valence-electron chi connectivity index (χ0n) is 12.2. The van der Waals surface area contributed by atoms with E-state index in [4.69, 9.17) is 0 Å². The van der Waals surface area contributed by atoms with Crippen molar-refractivity contribution in [1.29, 1.82) is 0 Å². The maximum Gasteiger partial charge on any atom is 0.274 e. The van der Waals surface area contributed by atoms with Gasteiger partial charge in [-0.25, -0.2) is 4.98 Å². The standard InChI is InChI=1S/C16H19N3O2/c1-12(2)10-19(11-13-3-5-14(20)6-4-13)16(21)15-9-17-7-8-18-15/h3-9,12,20H,10-11H2,1-2H3. The van der Waals surface area contributed by atoms with Gasteiger partial charge in [0.2, 0.25) is 0 Å². The van der Waals surface area contributed by atoms with E-state index in [9.17, 15) is 9.90 Å². The Hall–Kier alpha value is -2.43. The summed E-state index contributed by atoms with van der Waals surface area (Å²) in [5.41, 5.74) is 1.31. The van der Waals surface area contributed by atoms with Crippen molar-refractivity contribution in [2.45, 2.75) is 20.4 Å². The van der Waals surface area contributed by atoms with Crippen molar-refractivity contribution < 1.29 is 9.90 Å². The highest BCUT2D eigenvalue weighted by molar-refractivity contribution is 5.91. The Balaban J connectivity index is 2.18. The molecule has 0 unspecified atom stereocenters. The number of hydrogen-bond acceptors (Lipinski definition) is 4. The van der Waals surface area contributed by atoms with E-state index in [1.807, 2.05) is 12.1 Å². The minimum absolute atomic E-state index is 0.134. The fourth-order valence-electron chi connectivity index (χ4n) is 2.05. The maximum atomic E-state index is 12.5. The third-order valence-electron chi connectivity index (χ3n) is 2.96. The molecule has 0 radical (unpaired) electrons. The number of carbonyl (C=O) groups excluding carboxylic acids is 1. The minimum Gasteiger partial charge on any atom is -0.508 e. The molecule has 0 aliphatic heterocycles. The van der Waals surface area contributed by atoms with Gasteiger partial charge in [0.15, 0.2) is 0 Å². The molecule has 0 saturated heterocycles. The predicted molar refractivity (Wildman–Crippen MR) is 79.7 cm³/mol. The van der Waals surface area contributed by atoms with E-state index < -0.39 is 0 Å². The summed E-state index contributed by atoms with van der Waals surface area (Å²) in [6.07, 6.45) is 4.54. The van der Waals surface area contributed by atoms with Crippen LogP contribution >= 0.6 is 0 Å². The van der Waals surface area contributed by atoms with Crippen LogP contribution in [0.5, 0.6) is 5.75 Å². The van der Waals surface area contributed by atoms with Gasteiger partial charge in [0.25, 0.3) is 5.91 Å². The van der Waals surface area contributed by atoms with Gasteiger partial charge in [0, 0.05) is 25.5 Å². The number of hydrogen-bond donors (Lipinski definition) is 1. The number of carbonyl (C=O) groups is 1. The van der Waals surface area contributed by atoms with Crippen LogP contribution in [0.15, 0.2) is 42.9 Å². The molecule has 110 valence electrons. The first kappa shape index (κ1) is 15.0. The summed E-state index contributed by atoms with van der Waals surface area (Å²) in [5.74, 6) is 0.432. The molecule has 0 bridgehead atoms. The van der Waals surface area contributed by atoms with Gasteiger partial charge in [0.1, 0.15) is 11.4 Å². The quantitative estimate of drug-likeness (QED) is 0.916. The number of aromatic nitrogens is 2. The summed E-state index contributed by atoms with van der Waals surface area (Å²) in [7, 11) is 0. The zero-order valence-corrected chi connectivity index (χ0v) is 12.2. The third-order valence-corrected chi connectivity index (χ3v) is 2.96. The van der Waals surface area contributed by atoms with Gasteiger partial charge < -0.3 is 10.0 Å². The molecule has 0 fully saturated rings. The maximum absolute atomic E-state index is 12.5. The predicted octanol–water partition coefficient (Wildman–Crippen LogP) is 2.48. The first-order chi connectivity index (χ1) is 10.1. The lowest BCUT2D eigenvalue weighted by atomic mass is 10.1. The summed E-state index contributed by atoms with van der Waals surface area (Å²) in [4.78, 5) is 22.3. The second-order valence-corrected chi connectivity index (χ2v) is 5.34. The van der Waals surface area contributed by atoms with Gasteiger partial charge >= 0.3 is 0 Å². The van der Waals surface area contributed by atoms with Crippen molar-refractivity contribution in [3.8, 4) is 5.75 Å². The molecule has 1 aromatic carbocycles. The van der Waals surface area contributed by atoms with E-state index >= 15 is 0 Å².